The number of carbonyl (C=O) groups excluding carboxylic acids is 1. The maximum Gasteiger partial charge on any atom is 0.279 e. The Morgan fingerprint density at radius 3 is 2.74 bits per heavy atom. The van der Waals surface area contributed by atoms with Gasteiger partial charge >= 0.3 is 0 Å². The Kier molecular flexibility index (Phi) is 6.19. The molecule has 0 saturated heterocycles. The summed E-state index contributed by atoms with van der Waals surface area (Å²) in [5.41, 5.74) is 3.10. The average Bonchev–Trinajstić information content (AvgIpc) is 2.47. The molecule has 2 aromatic carbocycles. The molecular weight excluding hydrogens is 356 g/mol. The summed E-state index contributed by atoms with van der Waals surface area (Å²) in [5.74, 6) is 0.856. The predicted molar refractivity (Wildman–Crippen MR) is 96.0 cm³/mol. The second-order valence-electron chi connectivity index (χ2n) is 5.68. The second-order valence-corrected chi connectivity index (χ2v) is 6.60. The van der Waals surface area contributed by atoms with Crippen molar-refractivity contribution >= 4 is 27.5 Å². The molecule has 0 radical (unpaired) electrons. The van der Waals surface area contributed by atoms with Crippen molar-refractivity contribution in [2.24, 2.45) is 0 Å². The molecule has 0 bridgehead atoms. The SMILES string of the molecule is COc1ccc(C)cc1C[NH+](C)CC(=O)Nc1cccc(Br)c1. The molecule has 5 heteroatoms. The van der Waals surface area contributed by atoms with E-state index in [1.165, 1.54) is 5.56 Å². The number of amides is 1. The number of quaternary nitrogens is 1. The number of halogens is 1. The van der Waals surface area contributed by atoms with E-state index in [1.54, 1.807) is 7.11 Å². The third-order valence-corrected chi connectivity index (χ3v) is 3.99. The number of carbonyl (C=O) groups is 1. The number of methoxy groups -OCH3 is 1. The summed E-state index contributed by atoms with van der Waals surface area (Å²) >= 11 is 3.40. The number of hydrogen-bond donors (Lipinski definition) is 2. The van der Waals surface area contributed by atoms with Gasteiger partial charge in [-0.1, -0.05) is 33.6 Å². The maximum absolute atomic E-state index is 12.2. The van der Waals surface area contributed by atoms with Gasteiger partial charge in [0.05, 0.1) is 14.2 Å². The van der Waals surface area contributed by atoms with Gasteiger partial charge in [0.25, 0.3) is 5.91 Å². The van der Waals surface area contributed by atoms with E-state index >= 15 is 0 Å². The highest BCUT2D eigenvalue weighted by atomic mass is 79.9. The van der Waals surface area contributed by atoms with Crippen molar-refractivity contribution in [1.29, 1.82) is 0 Å². The number of ether oxygens (including phenoxy) is 1. The number of hydrogen-bond acceptors (Lipinski definition) is 2. The largest absolute Gasteiger partial charge is 0.496 e. The first-order chi connectivity index (χ1) is 11.0. The Hall–Kier alpha value is -1.85. The van der Waals surface area contributed by atoms with Crippen LogP contribution in [0, 0.1) is 6.92 Å². The third-order valence-electron chi connectivity index (χ3n) is 3.50. The third kappa shape index (κ3) is 5.37. The molecule has 1 atom stereocenters. The van der Waals surface area contributed by atoms with Crippen LogP contribution in [0.1, 0.15) is 11.1 Å². The Labute approximate surface area is 145 Å². The molecule has 1 unspecified atom stereocenters. The summed E-state index contributed by atoms with van der Waals surface area (Å²) in [6, 6.07) is 13.7. The second kappa shape index (κ2) is 8.13. The van der Waals surface area contributed by atoms with Crippen LogP contribution in [0.4, 0.5) is 5.69 Å². The summed E-state index contributed by atoms with van der Waals surface area (Å²) in [7, 11) is 3.67. The molecule has 1 amide bonds. The van der Waals surface area contributed by atoms with E-state index in [4.69, 9.17) is 4.74 Å². The highest BCUT2D eigenvalue weighted by Crippen LogP contribution is 2.18. The molecule has 0 aliphatic heterocycles. The number of benzene rings is 2. The van der Waals surface area contributed by atoms with Crippen LogP contribution in [0.15, 0.2) is 46.9 Å². The predicted octanol–water partition coefficient (Wildman–Crippen LogP) is 2.42. The van der Waals surface area contributed by atoms with Crippen molar-refractivity contribution < 1.29 is 14.4 Å². The topological polar surface area (TPSA) is 42.8 Å². The Bertz CT molecular complexity index is 688. The summed E-state index contributed by atoms with van der Waals surface area (Å²) in [6.45, 7) is 3.18. The van der Waals surface area contributed by atoms with E-state index in [2.05, 4.69) is 34.2 Å². The Morgan fingerprint density at radius 2 is 2.04 bits per heavy atom. The molecule has 2 aromatic rings. The average molecular weight is 378 g/mol. The van der Waals surface area contributed by atoms with Gasteiger partial charge in [-0.2, -0.15) is 0 Å². The Morgan fingerprint density at radius 1 is 1.26 bits per heavy atom. The smallest absolute Gasteiger partial charge is 0.279 e. The van der Waals surface area contributed by atoms with Gasteiger partial charge in [-0.05, 0) is 37.3 Å². The molecule has 0 saturated carbocycles. The van der Waals surface area contributed by atoms with Crippen molar-refractivity contribution in [3.63, 3.8) is 0 Å². The van der Waals surface area contributed by atoms with Crippen molar-refractivity contribution in [2.75, 3.05) is 26.0 Å². The lowest BCUT2D eigenvalue weighted by Crippen LogP contribution is -3.08. The first-order valence-electron chi connectivity index (χ1n) is 7.48. The minimum absolute atomic E-state index is 0.00720. The fraction of sp³-hybridized carbons (Fsp3) is 0.278. The minimum atomic E-state index is -0.00720. The molecule has 2 N–H and O–H groups in total. The highest BCUT2D eigenvalue weighted by Gasteiger charge is 2.13. The molecule has 0 heterocycles. The summed E-state index contributed by atoms with van der Waals surface area (Å²) in [6.07, 6.45) is 0. The van der Waals surface area contributed by atoms with Gasteiger partial charge < -0.3 is 15.0 Å². The zero-order valence-corrected chi connectivity index (χ0v) is 15.2. The van der Waals surface area contributed by atoms with Crippen molar-refractivity contribution in [3.05, 3.63) is 58.1 Å². The van der Waals surface area contributed by atoms with Gasteiger partial charge in [0.2, 0.25) is 0 Å². The fourth-order valence-corrected chi connectivity index (χ4v) is 2.88. The van der Waals surface area contributed by atoms with Crippen LogP contribution in [0.3, 0.4) is 0 Å². The van der Waals surface area contributed by atoms with E-state index in [9.17, 15) is 4.79 Å². The highest BCUT2D eigenvalue weighted by molar-refractivity contribution is 9.10. The van der Waals surface area contributed by atoms with Gasteiger partial charge in [0.1, 0.15) is 12.3 Å². The zero-order chi connectivity index (χ0) is 16.8. The quantitative estimate of drug-likeness (QED) is 0.811. The van der Waals surface area contributed by atoms with Crippen LogP contribution < -0.4 is 15.0 Å². The van der Waals surface area contributed by atoms with Crippen LogP contribution >= 0.6 is 15.9 Å². The molecule has 23 heavy (non-hydrogen) atoms. The number of rotatable bonds is 6. The molecule has 0 aromatic heterocycles. The number of anilines is 1. The lowest BCUT2D eigenvalue weighted by molar-refractivity contribution is -0.885. The van der Waals surface area contributed by atoms with Gasteiger partial charge in [-0.15, -0.1) is 0 Å². The molecule has 0 spiro atoms. The monoisotopic (exact) mass is 377 g/mol. The summed E-state index contributed by atoms with van der Waals surface area (Å²) in [5, 5.41) is 2.92. The van der Waals surface area contributed by atoms with Gasteiger partial charge in [-0.3, -0.25) is 4.79 Å². The summed E-state index contributed by atoms with van der Waals surface area (Å²) in [4.78, 5) is 13.3. The van der Waals surface area contributed by atoms with Crippen LogP contribution in [0.5, 0.6) is 5.75 Å². The van der Waals surface area contributed by atoms with Gasteiger partial charge in [0.15, 0.2) is 6.54 Å². The Balaban J connectivity index is 1.95. The lowest BCUT2D eigenvalue weighted by Gasteiger charge is -2.16. The lowest BCUT2D eigenvalue weighted by atomic mass is 10.1. The van der Waals surface area contributed by atoms with Crippen LogP contribution in [-0.4, -0.2) is 26.6 Å². The van der Waals surface area contributed by atoms with E-state index < -0.39 is 0 Å². The fourth-order valence-electron chi connectivity index (χ4n) is 2.48. The molecular formula is C18H22BrN2O2+. The molecule has 122 valence electrons. The normalized spacial score (nSPS) is 11.8. The molecule has 0 fully saturated rings. The van der Waals surface area contributed by atoms with Gasteiger partial charge in [0, 0.05) is 15.7 Å². The number of aryl methyl sites for hydroxylation is 1. The number of nitrogens with one attached hydrogen (secondary N) is 2. The minimum Gasteiger partial charge on any atom is -0.496 e. The molecule has 0 aliphatic rings. The van der Waals surface area contributed by atoms with E-state index in [-0.39, 0.29) is 5.91 Å². The van der Waals surface area contributed by atoms with Crippen molar-refractivity contribution in [1.82, 2.24) is 0 Å². The zero-order valence-electron chi connectivity index (χ0n) is 13.7. The first kappa shape index (κ1) is 17.5. The van der Waals surface area contributed by atoms with Crippen molar-refractivity contribution in [3.8, 4) is 5.75 Å². The maximum atomic E-state index is 12.2. The van der Waals surface area contributed by atoms with E-state index in [0.717, 1.165) is 32.9 Å². The van der Waals surface area contributed by atoms with Crippen LogP contribution in [0.2, 0.25) is 0 Å². The van der Waals surface area contributed by atoms with Gasteiger partial charge in [-0.25, -0.2) is 0 Å². The molecule has 2 rings (SSSR count). The molecule has 4 nitrogen and oxygen atoms in total. The first-order valence-corrected chi connectivity index (χ1v) is 8.27. The van der Waals surface area contributed by atoms with E-state index in [0.29, 0.717) is 6.54 Å². The van der Waals surface area contributed by atoms with E-state index in [1.807, 2.05) is 43.4 Å². The number of likely N-dealkylation sites (N-methyl/N-ethyl adjacent to an activating group) is 1. The van der Waals surface area contributed by atoms with Crippen LogP contribution in [-0.2, 0) is 11.3 Å². The molecule has 0 aliphatic carbocycles. The standard InChI is InChI=1S/C18H21BrN2O2/c1-13-7-8-17(23-3)14(9-13)11-21(2)12-18(22)20-16-6-4-5-15(19)10-16/h4-10H,11-12H2,1-3H3,(H,20,22)/p+1. The van der Waals surface area contributed by atoms with Crippen molar-refractivity contribution in [2.45, 2.75) is 13.5 Å². The summed E-state index contributed by atoms with van der Waals surface area (Å²) < 4.78 is 6.34. The van der Waals surface area contributed by atoms with Crippen LogP contribution in [0.25, 0.3) is 0 Å².